The summed E-state index contributed by atoms with van der Waals surface area (Å²) < 4.78 is 32.0. The number of hydrogen-bond donors (Lipinski definition) is 0. The lowest BCUT2D eigenvalue weighted by atomic mass is 9.99. The highest BCUT2D eigenvalue weighted by Crippen LogP contribution is 2.27. The Hall–Kier alpha value is -3.32. The van der Waals surface area contributed by atoms with Crippen LogP contribution in [0.3, 0.4) is 0 Å². The van der Waals surface area contributed by atoms with Crippen molar-refractivity contribution in [2.45, 2.75) is 50.8 Å². The number of ether oxygens (including phenoxy) is 5. The summed E-state index contributed by atoms with van der Waals surface area (Å²) in [6.07, 6.45) is -1.30. The lowest BCUT2D eigenvalue weighted by molar-refractivity contribution is -0.246. The molecule has 0 amide bonds. The molecule has 4 atom stereocenters. The van der Waals surface area contributed by atoms with Gasteiger partial charge in [0.25, 0.3) is 0 Å². The molecule has 0 saturated carbocycles. The molecule has 1 aliphatic rings. The minimum Gasteiger partial charge on any atom is -0.374 e. The topological polar surface area (TPSA) is 46.2 Å². The van der Waals surface area contributed by atoms with Crippen LogP contribution in [0.15, 0.2) is 121 Å². The highest BCUT2D eigenvalue weighted by atomic mass is 16.6. The highest BCUT2D eigenvalue weighted by molar-refractivity contribution is 5.16. The Morgan fingerprint density at radius 2 is 0.897 bits per heavy atom. The summed E-state index contributed by atoms with van der Waals surface area (Å²) in [4.78, 5) is 0. The second-order valence-electron chi connectivity index (χ2n) is 9.73. The minimum atomic E-state index is -0.376. The summed E-state index contributed by atoms with van der Waals surface area (Å²) in [6, 6.07) is 40.7. The molecule has 1 aliphatic heterocycles. The average Bonchev–Trinajstić information content (AvgIpc) is 3.00. The van der Waals surface area contributed by atoms with E-state index in [1.807, 2.05) is 72.8 Å². The first-order chi connectivity index (χ1) is 19.3. The van der Waals surface area contributed by atoms with Crippen molar-refractivity contribution in [2.75, 3.05) is 13.2 Å². The van der Waals surface area contributed by atoms with E-state index in [0.717, 1.165) is 22.3 Å². The lowest BCUT2D eigenvalue weighted by Crippen LogP contribution is -2.57. The Labute approximate surface area is 231 Å². The molecule has 0 aromatic heterocycles. The molecule has 39 heavy (non-hydrogen) atoms. The molecule has 4 aromatic rings. The van der Waals surface area contributed by atoms with Gasteiger partial charge in [-0.2, -0.15) is 0 Å². The van der Waals surface area contributed by atoms with Gasteiger partial charge in [-0.25, -0.2) is 0 Å². The van der Waals surface area contributed by atoms with Gasteiger partial charge in [-0.3, -0.25) is 0 Å². The standard InChI is InChI=1S/C34H36O5/c1-5-13-27(14-6-1)21-35-25-31-33(38-23-29-17-9-3-10-18-29)34(39-24-30-19-11-4-12-20-30)32(26-37-31)36-22-28-15-7-2-8-16-28/h1-20,31-34H,21-26H2/t31-,32+,33-,34-/m1/s1. The summed E-state index contributed by atoms with van der Waals surface area (Å²) in [5.41, 5.74) is 4.42. The first kappa shape index (κ1) is 27.3. The number of benzene rings is 4. The van der Waals surface area contributed by atoms with E-state index in [4.69, 9.17) is 23.7 Å². The van der Waals surface area contributed by atoms with Gasteiger partial charge in [-0.05, 0) is 22.3 Å². The molecular formula is C34H36O5. The highest BCUT2D eigenvalue weighted by Gasteiger charge is 2.43. The van der Waals surface area contributed by atoms with E-state index in [9.17, 15) is 0 Å². The van der Waals surface area contributed by atoms with Crippen molar-refractivity contribution in [2.24, 2.45) is 0 Å². The predicted octanol–water partition coefficient (Wildman–Crippen LogP) is 6.36. The Morgan fingerprint density at radius 1 is 0.487 bits per heavy atom. The Kier molecular flexibility index (Phi) is 10.3. The fraction of sp³-hybridized carbons (Fsp3) is 0.294. The minimum absolute atomic E-state index is 0.292. The molecule has 1 fully saturated rings. The van der Waals surface area contributed by atoms with Crippen LogP contribution in [-0.4, -0.2) is 37.6 Å². The van der Waals surface area contributed by atoms with Crippen LogP contribution < -0.4 is 0 Å². The van der Waals surface area contributed by atoms with Crippen molar-refractivity contribution in [3.8, 4) is 0 Å². The van der Waals surface area contributed by atoms with Gasteiger partial charge in [0.2, 0.25) is 0 Å². The van der Waals surface area contributed by atoms with E-state index >= 15 is 0 Å². The van der Waals surface area contributed by atoms with Crippen LogP contribution in [0.4, 0.5) is 0 Å². The van der Waals surface area contributed by atoms with Crippen LogP contribution in [0.5, 0.6) is 0 Å². The monoisotopic (exact) mass is 524 g/mol. The normalized spacial score (nSPS) is 21.0. The molecule has 0 spiro atoms. The average molecular weight is 525 g/mol. The fourth-order valence-corrected chi connectivity index (χ4v) is 4.70. The van der Waals surface area contributed by atoms with Gasteiger partial charge >= 0.3 is 0 Å². The van der Waals surface area contributed by atoms with Crippen molar-refractivity contribution in [3.05, 3.63) is 144 Å². The third-order valence-corrected chi connectivity index (χ3v) is 6.80. The third-order valence-electron chi connectivity index (χ3n) is 6.80. The molecule has 0 bridgehead atoms. The molecule has 5 heteroatoms. The zero-order valence-electron chi connectivity index (χ0n) is 22.1. The molecule has 1 heterocycles. The molecule has 0 radical (unpaired) electrons. The SMILES string of the molecule is c1ccc(COC[C@H]2OC[C@H](OCc3ccccc3)[C@@H](OCc3ccccc3)[C@@H]2OCc2ccccc2)cc1. The molecule has 0 aliphatic carbocycles. The quantitative estimate of drug-likeness (QED) is 0.204. The van der Waals surface area contributed by atoms with Crippen molar-refractivity contribution >= 4 is 0 Å². The van der Waals surface area contributed by atoms with E-state index in [1.165, 1.54) is 0 Å². The molecule has 1 saturated heterocycles. The Morgan fingerprint density at radius 3 is 1.38 bits per heavy atom. The fourth-order valence-electron chi connectivity index (χ4n) is 4.70. The maximum absolute atomic E-state index is 6.58. The van der Waals surface area contributed by atoms with Gasteiger partial charge in [0, 0.05) is 0 Å². The second-order valence-corrected chi connectivity index (χ2v) is 9.73. The van der Waals surface area contributed by atoms with Crippen LogP contribution in [0.25, 0.3) is 0 Å². The summed E-state index contributed by atoms with van der Waals surface area (Å²) in [5.74, 6) is 0. The summed E-state index contributed by atoms with van der Waals surface area (Å²) >= 11 is 0. The second kappa shape index (κ2) is 14.7. The maximum atomic E-state index is 6.58. The van der Waals surface area contributed by atoms with Gasteiger partial charge in [-0.1, -0.05) is 121 Å². The number of rotatable bonds is 13. The van der Waals surface area contributed by atoms with Crippen LogP contribution in [0.1, 0.15) is 22.3 Å². The van der Waals surface area contributed by atoms with Crippen molar-refractivity contribution in [1.82, 2.24) is 0 Å². The first-order valence-corrected chi connectivity index (χ1v) is 13.5. The smallest absolute Gasteiger partial charge is 0.115 e. The molecule has 0 unspecified atom stereocenters. The van der Waals surface area contributed by atoms with Gasteiger partial charge < -0.3 is 23.7 Å². The van der Waals surface area contributed by atoms with Crippen molar-refractivity contribution in [1.29, 1.82) is 0 Å². The van der Waals surface area contributed by atoms with Gasteiger partial charge in [0.15, 0.2) is 0 Å². The predicted molar refractivity (Wildman–Crippen MR) is 151 cm³/mol. The van der Waals surface area contributed by atoms with Gasteiger partial charge in [0.1, 0.15) is 24.4 Å². The lowest BCUT2D eigenvalue weighted by Gasteiger charge is -2.42. The molecule has 5 nitrogen and oxygen atoms in total. The molecule has 4 aromatic carbocycles. The van der Waals surface area contributed by atoms with Crippen LogP contribution in [-0.2, 0) is 50.1 Å². The molecule has 5 rings (SSSR count). The molecular weight excluding hydrogens is 488 g/mol. The van der Waals surface area contributed by atoms with E-state index < -0.39 is 0 Å². The zero-order valence-corrected chi connectivity index (χ0v) is 22.1. The van der Waals surface area contributed by atoms with Crippen molar-refractivity contribution < 1.29 is 23.7 Å². The van der Waals surface area contributed by atoms with Crippen LogP contribution >= 0.6 is 0 Å². The Balaban J connectivity index is 1.32. The molecule has 202 valence electrons. The number of hydrogen-bond acceptors (Lipinski definition) is 5. The third kappa shape index (κ3) is 8.33. The van der Waals surface area contributed by atoms with E-state index in [1.54, 1.807) is 0 Å². The van der Waals surface area contributed by atoms with Crippen molar-refractivity contribution in [3.63, 3.8) is 0 Å². The van der Waals surface area contributed by atoms with E-state index in [-0.39, 0.29) is 24.4 Å². The van der Waals surface area contributed by atoms with Gasteiger partial charge in [0.05, 0.1) is 39.6 Å². The molecule has 0 N–H and O–H groups in total. The van der Waals surface area contributed by atoms with Gasteiger partial charge in [-0.15, -0.1) is 0 Å². The summed E-state index contributed by atoms with van der Waals surface area (Å²) in [7, 11) is 0. The summed E-state index contributed by atoms with van der Waals surface area (Å²) in [5, 5.41) is 0. The Bertz CT molecular complexity index is 1200. The van der Waals surface area contributed by atoms with Crippen LogP contribution in [0.2, 0.25) is 0 Å². The van der Waals surface area contributed by atoms with E-state index in [2.05, 4.69) is 48.5 Å². The summed E-state index contributed by atoms with van der Waals surface area (Å²) in [6.45, 7) is 2.68. The first-order valence-electron chi connectivity index (χ1n) is 13.5. The maximum Gasteiger partial charge on any atom is 0.115 e. The largest absolute Gasteiger partial charge is 0.374 e. The zero-order chi connectivity index (χ0) is 26.5. The van der Waals surface area contributed by atoms with E-state index in [0.29, 0.717) is 39.6 Å². The van der Waals surface area contributed by atoms with Crippen LogP contribution in [0, 0.1) is 0 Å².